The van der Waals surface area contributed by atoms with Crippen LogP contribution >= 0.6 is 0 Å². The summed E-state index contributed by atoms with van der Waals surface area (Å²) >= 11 is 0. The first-order valence-electron chi connectivity index (χ1n) is 6.86. The third-order valence-electron chi connectivity index (χ3n) is 4.78. The van der Waals surface area contributed by atoms with E-state index in [0.29, 0.717) is 0 Å². The monoisotopic (exact) mass is 248 g/mol. The van der Waals surface area contributed by atoms with Crippen LogP contribution in [0.4, 0.5) is 0 Å². The standard InChI is InChI=1S/C16H24O2/c1-15(11-5-4-6-12-15)16(2,17)13-7-9-14(18-3)10-8-13/h7-10,17H,4-6,11-12H2,1-3H3. The number of methoxy groups -OCH3 is 1. The second-order valence-electron chi connectivity index (χ2n) is 5.92. The zero-order valence-corrected chi connectivity index (χ0v) is 11.7. The van der Waals surface area contributed by atoms with Gasteiger partial charge in [-0.3, -0.25) is 0 Å². The molecule has 1 N–H and O–H groups in total. The van der Waals surface area contributed by atoms with Crippen molar-refractivity contribution in [2.45, 2.75) is 51.6 Å². The molecule has 0 aromatic heterocycles. The number of rotatable bonds is 3. The molecule has 2 rings (SSSR count). The van der Waals surface area contributed by atoms with E-state index >= 15 is 0 Å². The molecule has 0 heterocycles. The highest BCUT2D eigenvalue weighted by molar-refractivity contribution is 5.32. The van der Waals surface area contributed by atoms with Crippen molar-refractivity contribution in [2.75, 3.05) is 7.11 Å². The van der Waals surface area contributed by atoms with Gasteiger partial charge < -0.3 is 9.84 Å². The van der Waals surface area contributed by atoms with Crippen molar-refractivity contribution in [3.8, 4) is 5.75 Å². The van der Waals surface area contributed by atoms with Crippen LogP contribution in [0.3, 0.4) is 0 Å². The van der Waals surface area contributed by atoms with E-state index in [0.717, 1.165) is 24.2 Å². The van der Waals surface area contributed by atoms with Crippen LogP contribution in [0, 0.1) is 5.41 Å². The molecule has 1 saturated carbocycles. The number of aliphatic hydroxyl groups is 1. The Labute approximate surface area is 110 Å². The second kappa shape index (κ2) is 4.93. The van der Waals surface area contributed by atoms with Crippen molar-refractivity contribution in [1.29, 1.82) is 0 Å². The molecule has 0 aliphatic heterocycles. The lowest BCUT2D eigenvalue weighted by Gasteiger charge is -2.46. The Morgan fingerprint density at radius 2 is 1.67 bits per heavy atom. The molecule has 2 heteroatoms. The normalized spacial score (nSPS) is 22.2. The van der Waals surface area contributed by atoms with Crippen molar-refractivity contribution < 1.29 is 9.84 Å². The maximum absolute atomic E-state index is 11.0. The van der Waals surface area contributed by atoms with Gasteiger partial charge in [0.2, 0.25) is 0 Å². The molecule has 1 unspecified atom stereocenters. The van der Waals surface area contributed by atoms with E-state index in [-0.39, 0.29) is 5.41 Å². The summed E-state index contributed by atoms with van der Waals surface area (Å²) in [5.74, 6) is 0.836. The highest BCUT2D eigenvalue weighted by atomic mass is 16.5. The molecule has 100 valence electrons. The largest absolute Gasteiger partial charge is 0.497 e. The molecule has 18 heavy (non-hydrogen) atoms. The van der Waals surface area contributed by atoms with Crippen LogP contribution in [-0.2, 0) is 5.60 Å². The van der Waals surface area contributed by atoms with Gasteiger partial charge in [-0.15, -0.1) is 0 Å². The summed E-state index contributed by atoms with van der Waals surface area (Å²) in [6.45, 7) is 4.18. The molecule has 1 aromatic rings. The Balaban J connectivity index is 2.27. The lowest BCUT2D eigenvalue weighted by atomic mass is 9.63. The van der Waals surface area contributed by atoms with Crippen LogP contribution in [0.25, 0.3) is 0 Å². The van der Waals surface area contributed by atoms with E-state index in [1.54, 1.807) is 7.11 Å². The van der Waals surface area contributed by atoms with Crippen LogP contribution in [0.15, 0.2) is 24.3 Å². The summed E-state index contributed by atoms with van der Waals surface area (Å²) in [5, 5.41) is 11.0. The summed E-state index contributed by atoms with van der Waals surface area (Å²) in [7, 11) is 1.66. The van der Waals surface area contributed by atoms with Crippen molar-refractivity contribution in [3.05, 3.63) is 29.8 Å². The van der Waals surface area contributed by atoms with Gasteiger partial charge in [0.15, 0.2) is 0 Å². The number of hydrogen-bond acceptors (Lipinski definition) is 2. The number of hydrogen-bond donors (Lipinski definition) is 1. The average molecular weight is 248 g/mol. The van der Waals surface area contributed by atoms with Crippen LogP contribution in [0.2, 0.25) is 0 Å². The Hall–Kier alpha value is -1.02. The predicted molar refractivity (Wildman–Crippen MR) is 73.8 cm³/mol. The van der Waals surface area contributed by atoms with E-state index in [2.05, 4.69) is 6.92 Å². The minimum atomic E-state index is -0.764. The molecule has 0 radical (unpaired) electrons. The maximum atomic E-state index is 11.0. The molecule has 0 bridgehead atoms. The molecule has 1 aliphatic carbocycles. The van der Waals surface area contributed by atoms with Gasteiger partial charge in [-0.05, 0) is 37.5 Å². The van der Waals surface area contributed by atoms with E-state index in [1.807, 2.05) is 31.2 Å². The third-order valence-corrected chi connectivity index (χ3v) is 4.78. The smallest absolute Gasteiger partial charge is 0.118 e. The Bertz CT molecular complexity index is 386. The molecule has 0 saturated heterocycles. The van der Waals surface area contributed by atoms with Gasteiger partial charge in [0, 0.05) is 5.41 Å². The Morgan fingerprint density at radius 1 is 1.11 bits per heavy atom. The first kappa shape index (κ1) is 13.4. The molecule has 1 atom stereocenters. The molecule has 1 aromatic carbocycles. The molecule has 1 fully saturated rings. The van der Waals surface area contributed by atoms with E-state index < -0.39 is 5.60 Å². The van der Waals surface area contributed by atoms with Gasteiger partial charge in [0.25, 0.3) is 0 Å². The molecule has 0 amide bonds. The van der Waals surface area contributed by atoms with Crippen LogP contribution < -0.4 is 4.74 Å². The van der Waals surface area contributed by atoms with Gasteiger partial charge in [0.1, 0.15) is 5.75 Å². The zero-order valence-electron chi connectivity index (χ0n) is 11.7. The van der Waals surface area contributed by atoms with Crippen LogP contribution in [0.5, 0.6) is 5.75 Å². The minimum Gasteiger partial charge on any atom is -0.497 e. The SMILES string of the molecule is COc1ccc(C(C)(O)C2(C)CCCCC2)cc1. The third kappa shape index (κ3) is 2.26. The maximum Gasteiger partial charge on any atom is 0.118 e. The van der Waals surface area contributed by atoms with Gasteiger partial charge in [-0.1, -0.05) is 38.3 Å². The number of benzene rings is 1. The summed E-state index contributed by atoms with van der Waals surface area (Å²) in [5.41, 5.74) is 0.215. The zero-order chi connectivity index (χ0) is 13.2. The number of ether oxygens (including phenoxy) is 1. The van der Waals surface area contributed by atoms with Crippen molar-refractivity contribution in [1.82, 2.24) is 0 Å². The highest BCUT2D eigenvalue weighted by Crippen LogP contribution is 2.49. The summed E-state index contributed by atoms with van der Waals surface area (Å²) in [6.07, 6.45) is 5.96. The van der Waals surface area contributed by atoms with Crippen LogP contribution in [0.1, 0.15) is 51.5 Å². The molecular formula is C16H24O2. The Morgan fingerprint density at radius 3 is 2.17 bits per heavy atom. The first-order valence-corrected chi connectivity index (χ1v) is 6.86. The summed E-state index contributed by atoms with van der Waals surface area (Å²) in [4.78, 5) is 0. The second-order valence-corrected chi connectivity index (χ2v) is 5.92. The molecule has 2 nitrogen and oxygen atoms in total. The average Bonchev–Trinajstić information content (AvgIpc) is 2.39. The van der Waals surface area contributed by atoms with Crippen molar-refractivity contribution in [3.63, 3.8) is 0 Å². The van der Waals surface area contributed by atoms with Crippen molar-refractivity contribution in [2.24, 2.45) is 5.41 Å². The molecular weight excluding hydrogens is 224 g/mol. The minimum absolute atomic E-state index is 0.0140. The van der Waals surface area contributed by atoms with Gasteiger partial charge in [-0.2, -0.15) is 0 Å². The van der Waals surface area contributed by atoms with Crippen LogP contribution in [-0.4, -0.2) is 12.2 Å². The van der Waals surface area contributed by atoms with E-state index in [4.69, 9.17) is 4.74 Å². The Kier molecular flexibility index (Phi) is 3.67. The summed E-state index contributed by atoms with van der Waals surface area (Å²) in [6, 6.07) is 7.82. The fourth-order valence-corrected chi connectivity index (χ4v) is 3.08. The van der Waals surface area contributed by atoms with E-state index in [9.17, 15) is 5.11 Å². The lowest BCUT2D eigenvalue weighted by Crippen LogP contribution is -2.42. The summed E-state index contributed by atoms with van der Waals surface area (Å²) < 4.78 is 5.17. The molecule has 1 aliphatic rings. The topological polar surface area (TPSA) is 29.5 Å². The van der Waals surface area contributed by atoms with Gasteiger partial charge in [0.05, 0.1) is 12.7 Å². The fourth-order valence-electron chi connectivity index (χ4n) is 3.08. The van der Waals surface area contributed by atoms with E-state index in [1.165, 1.54) is 19.3 Å². The van der Waals surface area contributed by atoms with Crippen molar-refractivity contribution >= 4 is 0 Å². The highest BCUT2D eigenvalue weighted by Gasteiger charge is 2.44. The van der Waals surface area contributed by atoms with Gasteiger partial charge >= 0.3 is 0 Å². The predicted octanol–water partition coefficient (Wildman–Crippen LogP) is 3.87. The lowest BCUT2D eigenvalue weighted by molar-refractivity contribution is -0.0864. The molecule has 0 spiro atoms. The quantitative estimate of drug-likeness (QED) is 0.879. The van der Waals surface area contributed by atoms with Gasteiger partial charge in [-0.25, -0.2) is 0 Å². The fraction of sp³-hybridized carbons (Fsp3) is 0.625. The first-order chi connectivity index (χ1) is 8.49.